The van der Waals surface area contributed by atoms with Gasteiger partial charge in [0, 0.05) is 5.56 Å². The summed E-state index contributed by atoms with van der Waals surface area (Å²) in [6.07, 6.45) is 0.109. The highest BCUT2D eigenvalue weighted by Gasteiger charge is 2.20. The van der Waals surface area contributed by atoms with Gasteiger partial charge >= 0.3 is 0 Å². The van der Waals surface area contributed by atoms with E-state index in [0.717, 1.165) is 0 Å². The molecule has 0 aliphatic carbocycles. The smallest absolute Gasteiger partial charge is 0.248 e. The van der Waals surface area contributed by atoms with Gasteiger partial charge in [-0.3, -0.25) is 4.79 Å². The fourth-order valence-electron chi connectivity index (χ4n) is 1.20. The molecule has 4 nitrogen and oxygen atoms in total. The summed E-state index contributed by atoms with van der Waals surface area (Å²) in [5.74, 6) is 0.218. The van der Waals surface area contributed by atoms with Crippen LogP contribution >= 0.6 is 0 Å². The molecule has 0 unspecified atom stereocenters. The van der Waals surface area contributed by atoms with Gasteiger partial charge in [0.15, 0.2) is 0 Å². The largest absolute Gasteiger partial charge is 0.486 e. The lowest BCUT2D eigenvalue weighted by Gasteiger charge is -2.26. The first-order valence-corrected chi connectivity index (χ1v) is 4.40. The molecule has 0 atom stereocenters. The number of ether oxygens (including phenoxy) is 2. The van der Waals surface area contributed by atoms with Crippen molar-refractivity contribution in [2.24, 2.45) is 5.73 Å². The Hall–Kier alpha value is -1.55. The number of hydrogen-bond donors (Lipinski definition) is 1. The number of hydrogen-bond acceptors (Lipinski definition) is 3. The number of carbonyl (C=O) groups excluding carboxylic acids is 1. The lowest BCUT2D eigenvalue weighted by molar-refractivity contribution is -0.0796. The van der Waals surface area contributed by atoms with E-state index in [9.17, 15) is 4.79 Å². The van der Waals surface area contributed by atoms with Crippen LogP contribution < -0.4 is 10.5 Å². The molecule has 1 saturated heterocycles. The van der Waals surface area contributed by atoms with E-state index in [4.69, 9.17) is 15.2 Å². The second-order valence-corrected chi connectivity index (χ2v) is 3.17. The molecule has 0 spiro atoms. The Balaban J connectivity index is 2.09. The van der Waals surface area contributed by atoms with Crippen molar-refractivity contribution in [2.75, 3.05) is 13.2 Å². The zero-order valence-corrected chi connectivity index (χ0v) is 7.60. The first-order valence-electron chi connectivity index (χ1n) is 4.40. The number of primary amides is 1. The monoisotopic (exact) mass is 193 g/mol. The highest BCUT2D eigenvalue weighted by atomic mass is 16.6. The lowest BCUT2D eigenvalue weighted by Crippen LogP contribution is -2.38. The van der Waals surface area contributed by atoms with Crippen molar-refractivity contribution < 1.29 is 14.3 Å². The molecule has 0 radical (unpaired) electrons. The topological polar surface area (TPSA) is 61.6 Å². The van der Waals surface area contributed by atoms with E-state index in [1.807, 2.05) is 0 Å². The Kier molecular flexibility index (Phi) is 2.37. The maximum atomic E-state index is 10.9. The molecule has 1 fully saturated rings. The van der Waals surface area contributed by atoms with Gasteiger partial charge in [-0.05, 0) is 18.2 Å². The van der Waals surface area contributed by atoms with Gasteiger partial charge < -0.3 is 15.2 Å². The third-order valence-corrected chi connectivity index (χ3v) is 2.03. The summed E-state index contributed by atoms with van der Waals surface area (Å²) in [7, 11) is 0. The molecule has 0 saturated carbocycles. The molecule has 1 heterocycles. The Labute approximate surface area is 81.6 Å². The van der Waals surface area contributed by atoms with Crippen LogP contribution in [-0.2, 0) is 4.74 Å². The zero-order chi connectivity index (χ0) is 9.97. The Bertz CT molecular complexity index is 347. The Morgan fingerprint density at radius 1 is 1.50 bits per heavy atom. The number of carbonyl (C=O) groups is 1. The van der Waals surface area contributed by atoms with Crippen LogP contribution in [0.3, 0.4) is 0 Å². The molecule has 14 heavy (non-hydrogen) atoms. The van der Waals surface area contributed by atoms with Gasteiger partial charge in [0.1, 0.15) is 11.9 Å². The van der Waals surface area contributed by atoms with Crippen LogP contribution in [0.15, 0.2) is 24.3 Å². The molecule has 2 N–H and O–H groups in total. The molecular weight excluding hydrogens is 182 g/mol. The van der Waals surface area contributed by atoms with Crippen LogP contribution in [-0.4, -0.2) is 25.2 Å². The maximum Gasteiger partial charge on any atom is 0.248 e. The molecule has 1 aromatic rings. The van der Waals surface area contributed by atoms with Crippen molar-refractivity contribution in [1.29, 1.82) is 0 Å². The van der Waals surface area contributed by atoms with Crippen LogP contribution in [0, 0.1) is 0 Å². The highest BCUT2D eigenvalue weighted by molar-refractivity contribution is 5.93. The molecule has 1 aromatic carbocycles. The molecule has 1 amide bonds. The SMILES string of the molecule is NC(=O)c1cccc(OC2COC2)c1. The van der Waals surface area contributed by atoms with Gasteiger partial charge in [-0.15, -0.1) is 0 Å². The van der Waals surface area contributed by atoms with Crippen LogP contribution in [0.2, 0.25) is 0 Å². The van der Waals surface area contributed by atoms with Crippen molar-refractivity contribution >= 4 is 5.91 Å². The summed E-state index contributed by atoms with van der Waals surface area (Å²) in [5, 5.41) is 0. The molecule has 1 aliphatic rings. The summed E-state index contributed by atoms with van der Waals surface area (Å²) in [4.78, 5) is 10.9. The van der Waals surface area contributed by atoms with Crippen LogP contribution in [0.4, 0.5) is 0 Å². The van der Waals surface area contributed by atoms with Crippen molar-refractivity contribution in [1.82, 2.24) is 0 Å². The third-order valence-electron chi connectivity index (χ3n) is 2.03. The van der Waals surface area contributed by atoms with E-state index < -0.39 is 5.91 Å². The number of rotatable bonds is 3. The lowest BCUT2D eigenvalue weighted by atomic mass is 10.2. The number of nitrogens with two attached hydrogens (primary N) is 1. The minimum Gasteiger partial charge on any atom is -0.486 e. The first-order chi connectivity index (χ1) is 6.75. The van der Waals surface area contributed by atoms with Gasteiger partial charge in [0.05, 0.1) is 13.2 Å². The summed E-state index contributed by atoms with van der Waals surface area (Å²) >= 11 is 0. The molecule has 1 aliphatic heterocycles. The molecular formula is C10H11NO3. The minimum atomic E-state index is -0.444. The van der Waals surface area contributed by atoms with E-state index in [-0.39, 0.29) is 6.10 Å². The Morgan fingerprint density at radius 2 is 2.29 bits per heavy atom. The van der Waals surface area contributed by atoms with Gasteiger partial charge in [-0.1, -0.05) is 6.07 Å². The van der Waals surface area contributed by atoms with Crippen molar-refractivity contribution in [3.63, 3.8) is 0 Å². The molecule has 0 bridgehead atoms. The predicted octanol–water partition coefficient (Wildman–Crippen LogP) is 0.563. The van der Waals surface area contributed by atoms with Crippen molar-refractivity contribution in [2.45, 2.75) is 6.10 Å². The van der Waals surface area contributed by atoms with E-state index in [1.54, 1.807) is 24.3 Å². The van der Waals surface area contributed by atoms with Gasteiger partial charge in [-0.25, -0.2) is 0 Å². The molecule has 74 valence electrons. The number of benzene rings is 1. The molecule has 2 rings (SSSR count). The fraction of sp³-hybridized carbons (Fsp3) is 0.300. The normalized spacial score (nSPS) is 16.0. The van der Waals surface area contributed by atoms with Gasteiger partial charge in [0.25, 0.3) is 0 Å². The number of amides is 1. The molecule has 4 heteroatoms. The summed E-state index contributed by atoms with van der Waals surface area (Å²) in [5.41, 5.74) is 5.60. The van der Waals surface area contributed by atoms with E-state index in [1.165, 1.54) is 0 Å². The van der Waals surface area contributed by atoms with Crippen LogP contribution in [0.25, 0.3) is 0 Å². The average molecular weight is 193 g/mol. The van der Waals surface area contributed by atoms with E-state index in [2.05, 4.69) is 0 Å². The van der Waals surface area contributed by atoms with Crippen LogP contribution in [0.5, 0.6) is 5.75 Å². The average Bonchev–Trinajstić information content (AvgIpc) is 2.12. The standard InChI is InChI=1S/C10H11NO3/c11-10(12)7-2-1-3-8(4-7)14-9-5-13-6-9/h1-4,9H,5-6H2,(H2,11,12). The first kappa shape index (κ1) is 9.02. The van der Waals surface area contributed by atoms with E-state index in [0.29, 0.717) is 24.5 Å². The predicted molar refractivity (Wildman–Crippen MR) is 50.2 cm³/mol. The molecule has 0 aromatic heterocycles. The minimum absolute atomic E-state index is 0.109. The van der Waals surface area contributed by atoms with Gasteiger partial charge in [0.2, 0.25) is 5.91 Å². The second-order valence-electron chi connectivity index (χ2n) is 3.17. The Morgan fingerprint density at radius 3 is 2.86 bits per heavy atom. The van der Waals surface area contributed by atoms with E-state index >= 15 is 0 Å². The van der Waals surface area contributed by atoms with Crippen molar-refractivity contribution in [3.05, 3.63) is 29.8 Å². The summed E-state index contributed by atoms with van der Waals surface area (Å²) in [6.45, 7) is 1.22. The van der Waals surface area contributed by atoms with Crippen molar-refractivity contribution in [3.8, 4) is 5.75 Å². The van der Waals surface area contributed by atoms with Gasteiger partial charge in [-0.2, -0.15) is 0 Å². The maximum absolute atomic E-state index is 10.9. The second kappa shape index (κ2) is 3.67. The quantitative estimate of drug-likeness (QED) is 0.763. The summed E-state index contributed by atoms with van der Waals surface area (Å²) in [6, 6.07) is 6.84. The highest BCUT2D eigenvalue weighted by Crippen LogP contribution is 2.17. The zero-order valence-electron chi connectivity index (χ0n) is 7.60. The van der Waals surface area contributed by atoms with Crippen LogP contribution in [0.1, 0.15) is 10.4 Å². The summed E-state index contributed by atoms with van der Waals surface area (Å²) < 4.78 is 10.5. The third kappa shape index (κ3) is 1.85. The fourth-order valence-corrected chi connectivity index (χ4v) is 1.20.